The van der Waals surface area contributed by atoms with Gasteiger partial charge in [-0.25, -0.2) is 4.98 Å². The molecule has 2 N–H and O–H groups in total. The van der Waals surface area contributed by atoms with Crippen molar-refractivity contribution in [2.24, 2.45) is 0 Å². The first-order chi connectivity index (χ1) is 13.1. The molecule has 27 heavy (non-hydrogen) atoms. The molecule has 2 aromatic carbocycles. The second kappa shape index (κ2) is 9.77. The highest BCUT2D eigenvalue weighted by Gasteiger charge is 2.09. The number of para-hydroxylation sites is 1. The molecule has 0 aliphatic heterocycles. The predicted octanol–water partition coefficient (Wildman–Crippen LogP) is 4.72. The molecule has 140 valence electrons. The molecule has 2 amide bonds. The minimum absolute atomic E-state index is 0.119. The standard InChI is InChI=1S/C19H19N3O2S3/c1-2-26-19-22-15-9-8-14(10-16(15)27-19)21-18(24)12-25-11-17(23)20-13-6-4-3-5-7-13/h3-10H,2,11-12H2,1H3,(H,20,23)(H,21,24). The van der Waals surface area contributed by atoms with Crippen LogP contribution < -0.4 is 10.6 Å². The molecule has 1 heterocycles. The van der Waals surface area contributed by atoms with E-state index in [1.807, 2.05) is 48.5 Å². The van der Waals surface area contributed by atoms with E-state index in [2.05, 4.69) is 22.5 Å². The fourth-order valence-electron chi connectivity index (χ4n) is 2.32. The second-order valence-electron chi connectivity index (χ2n) is 5.55. The summed E-state index contributed by atoms with van der Waals surface area (Å²) in [4.78, 5) is 28.5. The van der Waals surface area contributed by atoms with Gasteiger partial charge in [0.25, 0.3) is 0 Å². The molecule has 0 unspecified atom stereocenters. The Morgan fingerprint density at radius 2 is 1.70 bits per heavy atom. The van der Waals surface area contributed by atoms with Crippen LogP contribution in [0.2, 0.25) is 0 Å². The SMILES string of the molecule is CCSc1nc2ccc(NC(=O)CSCC(=O)Nc3ccccc3)cc2s1. The van der Waals surface area contributed by atoms with Crippen molar-refractivity contribution in [3.63, 3.8) is 0 Å². The third-order valence-corrected chi connectivity index (χ3v) is 6.42. The van der Waals surface area contributed by atoms with E-state index in [4.69, 9.17) is 0 Å². The van der Waals surface area contributed by atoms with E-state index in [0.29, 0.717) is 0 Å². The number of nitrogens with zero attached hydrogens (tertiary/aromatic N) is 1. The zero-order valence-corrected chi connectivity index (χ0v) is 17.2. The number of rotatable bonds is 8. The maximum atomic E-state index is 12.1. The van der Waals surface area contributed by atoms with Gasteiger partial charge in [-0.2, -0.15) is 0 Å². The molecule has 0 aliphatic carbocycles. The highest BCUT2D eigenvalue weighted by molar-refractivity contribution is 8.01. The molecule has 3 aromatic rings. The predicted molar refractivity (Wildman–Crippen MR) is 117 cm³/mol. The molecule has 0 saturated carbocycles. The molecule has 5 nitrogen and oxygen atoms in total. The van der Waals surface area contributed by atoms with Crippen LogP contribution in [0.3, 0.4) is 0 Å². The van der Waals surface area contributed by atoms with Crippen LogP contribution in [-0.2, 0) is 9.59 Å². The first kappa shape index (κ1) is 19.7. The topological polar surface area (TPSA) is 71.1 Å². The lowest BCUT2D eigenvalue weighted by Gasteiger charge is -2.06. The molecule has 0 saturated heterocycles. The van der Waals surface area contributed by atoms with E-state index in [1.54, 1.807) is 23.1 Å². The highest BCUT2D eigenvalue weighted by Crippen LogP contribution is 2.31. The van der Waals surface area contributed by atoms with Crippen molar-refractivity contribution < 1.29 is 9.59 Å². The van der Waals surface area contributed by atoms with Crippen LogP contribution in [0.25, 0.3) is 10.2 Å². The minimum atomic E-state index is -0.125. The van der Waals surface area contributed by atoms with Crippen molar-refractivity contribution in [3.8, 4) is 0 Å². The van der Waals surface area contributed by atoms with Crippen LogP contribution in [0.15, 0.2) is 52.9 Å². The quantitative estimate of drug-likeness (QED) is 0.519. The van der Waals surface area contributed by atoms with Gasteiger partial charge >= 0.3 is 0 Å². The fourth-order valence-corrected chi connectivity index (χ4v) is 4.94. The average molecular weight is 418 g/mol. The average Bonchev–Trinajstić information content (AvgIpc) is 3.04. The van der Waals surface area contributed by atoms with Gasteiger partial charge in [0.05, 0.1) is 21.7 Å². The van der Waals surface area contributed by atoms with Gasteiger partial charge < -0.3 is 10.6 Å². The number of amides is 2. The maximum absolute atomic E-state index is 12.1. The normalized spacial score (nSPS) is 10.7. The van der Waals surface area contributed by atoms with E-state index < -0.39 is 0 Å². The number of aromatic nitrogens is 1. The Hall–Kier alpha value is -2.03. The van der Waals surface area contributed by atoms with E-state index in [0.717, 1.165) is 31.7 Å². The summed E-state index contributed by atoms with van der Waals surface area (Å²) in [6.45, 7) is 2.10. The van der Waals surface area contributed by atoms with Crippen LogP contribution >= 0.6 is 34.9 Å². The van der Waals surface area contributed by atoms with Crippen LogP contribution in [-0.4, -0.2) is 34.1 Å². The van der Waals surface area contributed by atoms with Gasteiger partial charge in [0.1, 0.15) is 0 Å². The number of benzene rings is 2. The maximum Gasteiger partial charge on any atom is 0.234 e. The lowest BCUT2D eigenvalue weighted by molar-refractivity contribution is -0.114. The summed E-state index contributed by atoms with van der Waals surface area (Å²) >= 11 is 4.63. The first-order valence-corrected chi connectivity index (χ1v) is 11.4. The summed E-state index contributed by atoms with van der Waals surface area (Å²) in [5.74, 6) is 1.19. The Morgan fingerprint density at radius 1 is 1.00 bits per heavy atom. The number of anilines is 2. The van der Waals surface area contributed by atoms with Gasteiger partial charge in [0.15, 0.2) is 4.34 Å². The lowest BCUT2D eigenvalue weighted by atomic mass is 10.3. The second-order valence-corrected chi connectivity index (χ2v) is 9.08. The van der Waals surface area contributed by atoms with Crippen LogP contribution in [0.5, 0.6) is 0 Å². The summed E-state index contributed by atoms with van der Waals surface area (Å²) in [5.41, 5.74) is 2.45. The summed E-state index contributed by atoms with van der Waals surface area (Å²) in [7, 11) is 0. The molecular weight excluding hydrogens is 398 g/mol. The molecule has 0 atom stereocenters. The van der Waals surface area contributed by atoms with E-state index in [9.17, 15) is 9.59 Å². The number of thioether (sulfide) groups is 2. The summed E-state index contributed by atoms with van der Waals surface area (Å²) in [5, 5.41) is 5.68. The number of carbonyl (C=O) groups is 2. The van der Waals surface area contributed by atoms with Crippen molar-refractivity contribution in [1.82, 2.24) is 4.98 Å². The smallest absolute Gasteiger partial charge is 0.234 e. The van der Waals surface area contributed by atoms with Crippen molar-refractivity contribution in [3.05, 3.63) is 48.5 Å². The Labute approximate surface area is 170 Å². The van der Waals surface area contributed by atoms with Crippen LogP contribution in [0, 0.1) is 0 Å². The van der Waals surface area contributed by atoms with Crippen molar-refractivity contribution in [2.45, 2.75) is 11.3 Å². The molecule has 8 heteroatoms. The molecule has 0 radical (unpaired) electrons. The molecule has 0 bridgehead atoms. The highest BCUT2D eigenvalue weighted by atomic mass is 32.2. The summed E-state index contributed by atoms with van der Waals surface area (Å²) in [6.07, 6.45) is 0. The summed E-state index contributed by atoms with van der Waals surface area (Å²) < 4.78 is 2.09. The number of fused-ring (bicyclic) bond motifs is 1. The van der Waals surface area contributed by atoms with E-state index >= 15 is 0 Å². The van der Waals surface area contributed by atoms with Gasteiger partial charge in [-0.3, -0.25) is 9.59 Å². The number of carbonyl (C=O) groups excluding carboxylic acids is 2. The van der Waals surface area contributed by atoms with Crippen molar-refractivity contribution in [1.29, 1.82) is 0 Å². The molecule has 3 rings (SSSR count). The number of hydrogen-bond donors (Lipinski definition) is 2. The monoisotopic (exact) mass is 417 g/mol. The number of thiazole rings is 1. The minimum Gasteiger partial charge on any atom is -0.325 e. The van der Waals surface area contributed by atoms with Crippen molar-refractivity contribution in [2.75, 3.05) is 27.9 Å². The van der Waals surface area contributed by atoms with Gasteiger partial charge in [0.2, 0.25) is 11.8 Å². The van der Waals surface area contributed by atoms with Crippen LogP contribution in [0.1, 0.15) is 6.92 Å². The Morgan fingerprint density at radius 3 is 2.41 bits per heavy atom. The Bertz CT molecular complexity index is 928. The number of nitrogens with one attached hydrogen (secondary N) is 2. The molecule has 1 aromatic heterocycles. The zero-order chi connectivity index (χ0) is 19.1. The first-order valence-electron chi connectivity index (χ1n) is 8.40. The fraction of sp³-hybridized carbons (Fsp3) is 0.211. The Kier molecular flexibility index (Phi) is 7.14. The van der Waals surface area contributed by atoms with Crippen molar-refractivity contribution >= 4 is 68.3 Å². The molecule has 0 aliphatic rings. The summed E-state index contributed by atoms with van der Waals surface area (Å²) in [6, 6.07) is 15.0. The van der Waals surface area contributed by atoms with Gasteiger partial charge in [0, 0.05) is 11.4 Å². The van der Waals surface area contributed by atoms with E-state index in [-0.39, 0.29) is 23.3 Å². The van der Waals surface area contributed by atoms with Gasteiger partial charge in [-0.1, -0.05) is 36.9 Å². The molecule has 0 spiro atoms. The zero-order valence-electron chi connectivity index (χ0n) is 14.7. The Balaban J connectivity index is 1.46. The van der Waals surface area contributed by atoms with Gasteiger partial charge in [-0.15, -0.1) is 23.1 Å². The third-order valence-electron chi connectivity index (χ3n) is 3.44. The lowest BCUT2D eigenvalue weighted by Crippen LogP contribution is -2.18. The van der Waals surface area contributed by atoms with Crippen LogP contribution in [0.4, 0.5) is 11.4 Å². The molecule has 0 fully saturated rings. The van der Waals surface area contributed by atoms with E-state index in [1.165, 1.54) is 11.8 Å². The molecular formula is C19H19N3O2S3. The largest absolute Gasteiger partial charge is 0.325 e. The third kappa shape index (κ3) is 5.98. The number of hydrogen-bond acceptors (Lipinski definition) is 6. The van der Waals surface area contributed by atoms with Gasteiger partial charge in [-0.05, 0) is 36.1 Å².